The summed E-state index contributed by atoms with van der Waals surface area (Å²) in [5.41, 5.74) is 0. The Morgan fingerprint density at radius 1 is 1.04 bits per heavy atom. The van der Waals surface area contributed by atoms with Crippen LogP contribution in [0.15, 0.2) is 58.8 Å². The predicted octanol–water partition coefficient (Wildman–Crippen LogP) is 3.82. The number of nitrogens with one attached hydrogen (secondary N) is 1. The van der Waals surface area contributed by atoms with Gasteiger partial charge in [0.25, 0.3) is 10.0 Å². The molecule has 4 nitrogen and oxygen atoms in total. The molecule has 0 saturated carbocycles. The predicted molar refractivity (Wildman–Crippen MR) is 106 cm³/mol. The molecule has 6 heteroatoms. The molecule has 3 aromatic rings. The lowest BCUT2D eigenvalue weighted by atomic mass is 10.1. The zero-order valence-corrected chi connectivity index (χ0v) is 16.0. The molecule has 1 N–H and O–H groups in total. The van der Waals surface area contributed by atoms with Crippen molar-refractivity contribution in [1.82, 2.24) is 4.72 Å². The molecule has 0 bridgehead atoms. The molecule has 0 atom stereocenters. The second kappa shape index (κ2) is 8.37. The van der Waals surface area contributed by atoms with E-state index in [1.54, 1.807) is 6.07 Å². The van der Waals surface area contributed by atoms with Gasteiger partial charge >= 0.3 is 0 Å². The van der Waals surface area contributed by atoms with Crippen molar-refractivity contribution >= 4 is 32.1 Å². The fourth-order valence-electron chi connectivity index (χ4n) is 2.44. The van der Waals surface area contributed by atoms with Crippen LogP contribution in [0.3, 0.4) is 0 Å². The molecule has 2 aromatic carbocycles. The van der Waals surface area contributed by atoms with Gasteiger partial charge in [-0.2, -0.15) is 4.72 Å². The molecular formula is C20H19NO3S2. The highest BCUT2D eigenvalue weighted by molar-refractivity contribution is 7.91. The second-order valence-electron chi connectivity index (χ2n) is 5.52. The fraction of sp³-hybridized carbons (Fsp3) is 0.200. The van der Waals surface area contributed by atoms with E-state index in [0.29, 0.717) is 4.21 Å². The largest absolute Gasteiger partial charge is 0.480 e. The van der Waals surface area contributed by atoms with Crippen molar-refractivity contribution in [3.63, 3.8) is 0 Å². The molecule has 0 fully saturated rings. The zero-order valence-electron chi connectivity index (χ0n) is 14.4. The van der Waals surface area contributed by atoms with E-state index in [0.717, 1.165) is 27.8 Å². The van der Waals surface area contributed by atoms with Gasteiger partial charge in [-0.05, 0) is 30.0 Å². The lowest BCUT2D eigenvalue weighted by Crippen LogP contribution is -2.23. The van der Waals surface area contributed by atoms with E-state index in [-0.39, 0.29) is 13.2 Å². The Balaban J connectivity index is 1.54. The summed E-state index contributed by atoms with van der Waals surface area (Å²) in [5.74, 6) is 6.40. The van der Waals surface area contributed by atoms with Gasteiger partial charge in [0, 0.05) is 10.3 Å². The Bertz CT molecular complexity index is 1050. The van der Waals surface area contributed by atoms with Crippen LogP contribution < -0.4 is 9.46 Å². The SMILES string of the molecule is CCc1ccc(S(=O)(=O)NCC#CCOc2cccc3ccccc23)s1. The van der Waals surface area contributed by atoms with Gasteiger partial charge in [0.05, 0.1) is 6.54 Å². The van der Waals surface area contributed by atoms with Crippen LogP contribution in [-0.2, 0) is 16.4 Å². The van der Waals surface area contributed by atoms with Crippen molar-refractivity contribution in [2.24, 2.45) is 0 Å². The number of hydrogen-bond donors (Lipinski definition) is 1. The maximum atomic E-state index is 12.2. The molecule has 0 aliphatic carbocycles. The third-order valence-electron chi connectivity index (χ3n) is 3.78. The third kappa shape index (κ3) is 4.44. The van der Waals surface area contributed by atoms with Gasteiger partial charge < -0.3 is 4.74 Å². The van der Waals surface area contributed by atoms with Gasteiger partial charge in [-0.1, -0.05) is 55.2 Å². The van der Waals surface area contributed by atoms with E-state index in [1.165, 1.54) is 11.3 Å². The highest BCUT2D eigenvalue weighted by Gasteiger charge is 2.15. The smallest absolute Gasteiger partial charge is 0.250 e. The minimum absolute atomic E-state index is 0.0561. The Labute approximate surface area is 157 Å². The Kier molecular flexibility index (Phi) is 5.94. The minimum atomic E-state index is -3.49. The highest BCUT2D eigenvalue weighted by Crippen LogP contribution is 2.25. The van der Waals surface area contributed by atoms with Crippen LogP contribution in [0.5, 0.6) is 5.75 Å². The second-order valence-corrected chi connectivity index (χ2v) is 8.68. The fourth-order valence-corrected chi connectivity index (χ4v) is 4.71. The van der Waals surface area contributed by atoms with Crippen molar-refractivity contribution < 1.29 is 13.2 Å². The number of hydrogen-bond acceptors (Lipinski definition) is 4. The topological polar surface area (TPSA) is 55.4 Å². The first-order valence-corrected chi connectivity index (χ1v) is 10.5. The first kappa shape index (κ1) is 18.5. The van der Waals surface area contributed by atoms with Crippen LogP contribution in [0.4, 0.5) is 0 Å². The molecule has 0 aliphatic heterocycles. The molecule has 1 aromatic heterocycles. The van der Waals surface area contributed by atoms with E-state index < -0.39 is 10.0 Å². The molecule has 1 heterocycles. The summed E-state index contributed by atoms with van der Waals surface area (Å²) in [6, 6.07) is 17.3. The van der Waals surface area contributed by atoms with Crippen molar-refractivity contribution in [2.75, 3.05) is 13.2 Å². The van der Waals surface area contributed by atoms with Gasteiger partial charge in [0.1, 0.15) is 16.6 Å². The molecule has 0 amide bonds. The maximum Gasteiger partial charge on any atom is 0.250 e. The first-order chi connectivity index (χ1) is 12.6. The number of ether oxygens (including phenoxy) is 1. The zero-order chi connectivity index (χ0) is 18.4. The van der Waals surface area contributed by atoms with Gasteiger partial charge in [-0.3, -0.25) is 0 Å². The number of rotatable bonds is 6. The van der Waals surface area contributed by atoms with Crippen LogP contribution in [-0.4, -0.2) is 21.6 Å². The molecule has 26 heavy (non-hydrogen) atoms. The van der Waals surface area contributed by atoms with Gasteiger partial charge in [-0.25, -0.2) is 8.42 Å². The van der Waals surface area contributed by atoms with E-state index in [9.17, 15) is 8.42 Å². The summed E-state index contributed by atoms with van der Waals surface area (Å²) < 4.78 is 32.8. The molecule has 0 radical (unpaired) electrons. The molecule has 3 rings (SSSR count). The van der Waals surface area contributed by atoms with E-state index >= 15 is 0 Å². The number of sulfonamides is 1. The minimum Gasteiger partial charge on any atom is -0.480 e. The highest BCUT2D eigenvalue weighted by atomic mass is 32.2. The lowest BCUT2D eigenvalue weighted by molar-refractivity contribution is 0.374. The normalized spacial score (nSPS) is 11.1. The molecule has 0 saturated heterocycles. The number of fused-ring (bicyclic) bond motifs is 1. The van der Waals surface area contributed by atoms with Crippen LogP contribution in [0, 0.1) is 11.8 Å². The molecule has 0 spiro atoms. The molecule has 0 aliphatic rings. The standard InChI is InChI=1S/C20H19NO3S2/c1-2-17-12-13-20(25-17)26(22,23)21-14-5-6-15-24-19-11-7-9-16-8-3-4-10-18(16)19/h3-4,7-13,21H,2,14-15H2,1H3. The summed E-state index contributed by atoms with van der Waals surface area (Å²) >= 11 is 1.28. The Hall–Kier alpha value is -2.33. The van der Waals surface area contributed by atoms with Gasteiger partial charge in [0.15, 0.2) is 0 Å². The van der Waals surface area contributed by atoms with E-state index in [1.807, 2.05) is 55.5 Å². The first-order valence-electron chi connectivity index (χ1n) is 8.25. The number of thiophene rings is 1. The van der Waals surface area contributed by atoms with E-state index in [4.69, 9.17) is 4.74 Å². The summed E-state index contributed by atoms with van der Waals surface area (Å²) in [7, 11) is -3.49. The Morgan fingerprint density at radius 3 is 2.65 bits per heavy atom. The lowest BCUT2D eigenvalue weighted by Gasteiger charge is -2.06. The van der Waals surface area contributed by atoms with Crippen molar-refractivity contribution in [1.29, 1.82) is 0 Å². The molecular weight excluding hydrogens is 366 g/mol. The average Bonchev–Trinajstić information content (AvgIpc) is 3.15. The Morgan fingerprint density at radius 2 is 1.85 bits per heavy atom. The molecule has 134 valence electrons. The summed E-state index contributed by atoms with van der Waals surface area (Å²) in [6.45, 7) is 2.26. The van der Waals surface area contributed by atoms with Crippen LogP contribution >= 0.6 is 11.3 Å². The third-order valence-corrected chi connectivity index (χ3v) is 6.90. The van der Waals surface area contributed by atoms with Crippen molar-refractivity contribution in [2.45, 2.75) is 17.6 Å². The van der Waals surface area contributed by atoms with Crippen LogP contribution in [0.25, 0.3) is 10.8 Å². The maximum absolute atomic E-state index is 12.2. The summed E-state index contributed by atoms with van der Waals surface area (Å²) in [6.07, 6.45) is 0.825. The number of benzene rings is 2. The van der Waals surface area contributed by atoms with E-state index in [2.05, 4.69) is 16.6 Å². The number of aryl methyl sites for hydroxylation is 1. The van der Waals surface area contributed by atoms with Gasteiger partial charge in [0.2, 0.25) is 0 Å². The monoisotopic (exact) mass is 385 g/mol. The summed E-state index contributed by atoms with van der Waals surface area (Å²) in [5, 5.41) is 2.13. The van der Waals surface area contributed by atoms with Gasteiger partial charge in [-0.15, -0.1) is 11.3 Å². The quantitative estimate of drug-likeness (QED) is 0.656. The van der Waals surface area contributed by atoms with Crippen molar-refractivity contribution in [3.8, 4) is 17.6 Å². The van der Waals surface area contributed by atoms with Crippen LogP contribution in [0.2, 0.25) is 0 Å². The summed E-state index contributed by atoms with van der Waals surface area (Å²) in [4.78, 5) is 1.04. The average molecular weight is 386 g/mol. The molecule has 0 unspecified atom stereocenters. The van der Waals surface area contributed by atoms with Crippen molar-refractivity contribution in [3.05, 3.63) is 59.5 Å². The van der Waals surface area contributed by atoms with Crippen LogP contribution in [0.1, 0.15) is 11.8 Å².